The SMILES string of the molecule is Cc1ccc(CCC(=O)N2CCCN(C(=O)c3ccccc3C(F)(F)F)CC2)cc1. The first-order chi connectivity index (χ1) is 14.3. The highest BCUT2D eigenvalue weighted by Gasteiger charge is 2.36. The van der Waals surface area contributed by atoms with Crippen molar-refractivity contribution in [2.45, 2.75) is 32.4 Å². The Bertz CT molecular complexity index is 894. The summed E-state index contributed by atoms with van der Waals surface area (Å²) in [6.45, 7) is 3.38. The molecule has 3 rings (SSSR count). The Morgan fingerprint density at radius 2 is 1.53 bits per heavy atom. The van der Waals surface area contributed by atoms with Crippen molar-refractivity contribution < 1.29 is 22.8 Å². The highest BCUT2D eigenvalue weighted by atomic mass is 19.4. The molecule has 0 aliphatic carbocycles. The highest BCUT2D eigenvalue weighted by Crippen LogP contribution is 2.32. The number of nitrogens with zero attached hydrogens (tertiary/aromatic N) is 2. The number of carbonyl (C=O) groups excluding carboxylic acids is 2. The molecule has 1 aliphatic heterocycles. The largest absolute Gasteiger partial charge is 0.417 e. The smallest absolute Gasteiger partial charge is 0.341 e. The Labute approximate surface area is 174 Å². The van der Waals surface area contributed by atoms with Crippen LogP contribution in [-0.2, 0) is 17.4 Å². The molecule has 1 fully saturated rings. The number of hydrogen-bond acceptors (Lipinski definition) is 2. The summed E-state index contributed by atoms with van der Waals surface area (Å²) in [5.74, 6) is -0.641. The monoisotopic (exact) mass is 418 g/mol. The summed E-state index contributed by atoms with van der Waals surface area (Å²) in [4.78, 5) is 28.5. The molecule has 160 valence electrons. The van der Waals surface area contributed by atoms with Crippen LogP contribution < -0.4 is 0 Å². The van der Waals surface area contributed by atoms with Gasteiger partial charge in [0.1, 0.15) is 0 Å². The summed E-state index contributed by atoms with van der Waals surface area (Å²) in [6.07, 6.45) is -3.04. The van der Waals surface area contributed by atoms with Crippen molar-refractivity contribution in [2.75, 3.05) is 26.2 Å². The molecule has 1 aliphatic rings. The predicted octanol–water partition coefficient (Wildman–Crippen LogP) is 4.32. The van der Waals surface area contributed by atoms with Gasteiger partial charge in [0.2, 0.25) is 5.91 Å². The molecular formula is C23H25F3N2O2. The summed E-state index contributed by atoms with van der Waals surface area (Å²) in [7, 11) is 0. The number of aryl methyl sites for hydroxylation is 2. The van der Waals surface area contributed by atoms with Gasteiger partial charge in [-0.3, -0.25) is 9.59 Å². The van der Waals surface area contributed by atoms with E-state index < -0.39 is 17.6 Å². The number of rotatable bonds is 4. The molecule has 0 atom stereocenters. The van der Waals surface area contributed by atoms with Crippen molar-refractivity contribution in [2.24, 2.45) is 0 Å². The maximum Gasteiger partial charge on any atom is 0.417 e. The lowest BCUT2D eigenvalue weighted by molar-refractivity contribution is -0.138. The topological polar surface area (TPSA) is 40.6 Å². The fourth-order valence-corrected chi connectivity index (χ4v) is 3.62. The van der Waals surface area contributed by atoms with Crippen LogP contribution in [0.4, 0.5) is 13.2 Å². The molecule has 7 heteroatoms. The molecule has 0 unspecified atom stereocenters. The molecule has 0 spiro atoms. The minimum Gasteiger partial charge on any atom is -0.341 e. The quantitative estimate of drug-likeness (QED) is 0.742. The normalized spacial score (nSPS) is 15.1. The number of halogens is 3. The van der Waals surface area contributed by atoms with Gasteiger partial charge in [-0.2, -0.15) is 13.2 Å². The summed E-state index contributed by atoms with van der Waals surface area (Å²) in [6, 6.07) is 12.9. The maximum absolute atomic E-state index is 13.2. The minimum atomic E-state index is -4.59. The molecule has 4 nitrogen and oxygen atoms in total. The molecule has 2 aromatic carbocycles. The van der Waals surface area contributed by atoms with Crippen molar-refractivity contribution in [3.63, 3.8) is 0 Å². The molecule has 1 heterocycles. The fourth-order valence-electron chi connectivity index (χ4n) is 3.62. The van der Waals surface area contributed by atoms with Crippen LogP contribution in [0.25, 0.3) is 0 Å². The Morgan fingerprint density at radius 1 is 0.900 bits per heavy atom. The first kappa shape index (κ1) is 21.9. The van der Waals surface area contributed by atoms with E-state index in [0.717, 1.165) is 17.2 Å². The Morgan fingerprint density at radius 3 is 2.23 bits per heavy atom. The van der Waals surface area contributed by atoms with Gasteiger partial charge >= 0.3 is 6.18 Å². The Hall–Kier alpha value is -2.83. The summed E-state index contributed by atoms with van der Waals surface area (Å²) in [5.41, 5.74) is 0.980. The number of alkyl halides is 3. The van der Waals surface area contributed by atoms with Crippen molar-refractivity contribution in [3.05, 3.63) is 70.8 Å². The second kappa shape index (κ2) is 9.32. The van der Waals surface area contributed by atoms with Crippen LogP contribution >= 0.6 is 0 Å². The van der Waals surface area contributed by atoms with Gasteiger partial charge in [-0.1, -0.05) is 42.0 Å². The van der Waals surface area contributed by atoms with Gasteiger partial charge < -0.3 is 9.80 Å². The van der Waals surface area contributed by atoms with Gasteiger partial charge in [0, 0.05) is 32.6 Å². The molecule has 0 N–H and O–H groups in total. The van der Waals surface area contributed by atoms with Crippen LogP contribution in [0.15, 0.2) is 48.5 Å². The minimum absolute atomic E-state index is 0.000524. The van der Waals surface area contributed by atoms with E-state index in [-0.39, 0.29) is 18.0 Å². The second-order valence-corrected chi connectivity index (χ2v) is 7.56. The third kappa shape index (κ3) is 5.40. The van der Waals surface area contributed by atoms with E-state index in [0.29, 0.717) is 38.9 Å². The van der Waals surface area contributed by atoms with Crippen molar-refractivity contribution in [1.29, 1.82) is 0 Å². The van der Waals surface area contributed by atoms with Gasteiger partial charge in [-0.25, -0.2) is 0 Å². The van der Waals surface area contributed by atoms with Gasteiger partial charge in [0.15, 0.2) is 0 Å². The van der Waals surface area contributed by atoms with E-state index in [1.807, 2.05) is 31.2 Å². The molecule has 0 saturated carbocycles. The standard InChI is InChI=1S/C23H25F3N2O2/c1-17-7-9-18(10-8-17)11-12-21(29)27-13-4-14-28(16-15-27)22(30)19-5-2-3-6-20(19)23(24,25)26/h2-3,5-10H,4,11-16H2,1H3. The molecule has 0 aromatic heterocycles. The third-order valence-electron chi connectivity index (χ3n) is 5.35. The lowest BCUT2D eigenvalue weighted by Crippen LogP contribution is -2.38. The van der Waals surface area contributed by atoms with Crippen LogP contribution in [0.3, 0.4) is 0 Å². The molecule has 2 aromatic rings. The third-order valence-corrected chi connectivity index (χ3v) is 5.35. The summed E-state index contributed by atoms with van der Waals surface area (Å²) >= 11 is 0. The van der Waals surface area contributed by atoms with Gasteiger partial charge in [-0.15, -0.1) is 0 Å². The van der Waals surface area contributed by atoms with Crippen LogP contribution in [0.2, 0.25) is 0 Å². The molecular weight excluding hydrogens is 393 g/mol. The lowest BCUT2D eigenvalue weighted by atomic mass is 10.1. The lowest BCUT2D eigenvalue weighted by Gasteiger charge is -2.23. The van der Waals surface area contributed by atoms with Crippen molar-refractivity contribution >= 4 is 11.8 Å². The first-order valence-corrected chi connectivity index (χ1v) is 10.0. The van der Waals surface area contributed by atoms with Gasteiger partial charge in [-0.05, 0) is 37.5 Å². The average Bonchev–Trinajstić information content (AvgIpc) is 2.98. The van der Waals surface area contributed by atoms with E-state index in [9.17, 15) is 22.8 Å². The van der Waals surface area contributed by atoms with Crippen molar-refractivity contribution in [3.8, 4) is 0 Å². The highest BCUT2D eigenvalue weighted by molar-refractivity contribution is 5.96. The zero-order chi connectivity index (χ0) is 21.7. The van der Waals surface area contributed by atoms with E-state index in [4.69, 9.17) is 0 Å². The van der Waals surface area contributed by atoms with E-state index in [1.54, 1.807) is 4.90 Å². The van der Waals surface area contributed by atoms with E-state index >= 15 is 0 Å². The first-order valence-electron chi connectivity index (χ1n) is 10.0. The number of benzene rings is 2. The zero-order valence-corrected chi connectivity index (χ0v) is 16.9. The predicted molar refractivity (Wildman–Crippen MR) is 108 cm³/mol. The molecule has 0 bridgehead atoms. The van der Waals surface area contributed by atoms with Gasteiger partial charge in [0.25, 0.3) is 5.91 Å². The molecule has 2 amide bonds. The molecule has 1 saturated heterocycles. The number of carbonyl (C=O) groups is 2. The van der Waals surface area contributed by atoms with Crippen LogP contribution in [0.1, 0.15) is 39.9 Å². The van der Waals surface area contributed by atoms with Gasteiger partial charge in [0.05, 0.1) is 11.1 Å². The van der Waals surface area contributed by atoms with Crippen LogP contribution in [0, 0.1) is 6.92 Å². The summed E-state index contributed by atoms with van der Waals surface area (Å²) < 4.78 is 39.7. The maximum atomic E-state index is 13.2. The van der Waals surface area contributed by atoms with E-state index in [2.05, 4.69) is 0 Å². The van der Waals surface area contributed by atoms with Crippen molar-refractivity contribution in [1.82, 2.24) is 9.80 Å². The number of amides is 2. The van der Waals surface area contributed by atoms with Crippen LogP contribution in [0.5, 0.6) is 0 Å². The average molecular weight is 418 g/mol. The summed E-state index contributed by atoms with van der Waals surface area (Å²) in [5, 5.41) is 0. The molecule has 0 radical (unpaired) electrons. The number of hydrogen-bond donors (Lipinski definition) is 0. The Kier molecular flexibility index (Phi) is 6.80. The Balaban J connectivity index is 1.60. The zero-order valence-electron chi connectivity index (χ0n) is 16.9. The fraction of sp³-hybridized carbons (Fsp3) is 0.391. The van der Waals surface area contributed by atoms with E-state index in [1.165, 1.54) is 23.1 Å². The van der Waals surface area contributed by atoms with Crippen LogP contribution in [-0.4, -0.2) is 47.8 Å². The second-order valence-electron chi connectivity index (χ2n) is 7.56. The molecule has 30 heavy (non-hydrogen) atoms.